The summed E-state index contributed by atoms with van der Waals surface area (Å²) in [6.07, 6.45) is 0. The van der Waals surface area contributed by atoms with Crippen molar-refractivity contribution in [1.29, 1.82) is 0 Å². The van der Waals surface area contributed by atoms with Crippen LogP contribution in [0.15, 0.2) is 70.3 Å². The highest BCUT2D eigenvalue weighted by atomic mass is 32.2. The van der Waals surface area contributed by atoms with Crippen molar-refractivity contribution < 1.29 is 18.4 Å². The predicted octanol–water partition coefficient (Wildman–Crippen LogP) is 4.40. The Morgan fingerprint density at radius 1 is 1.19 bits per heavy atom. The predicted molar refractivity (Wildman–Crippen MR) is 117 cm³/mol. The van der Waals surface area contributed by atoms with Crippen molar-refractivity contribution in [3.63, 3.8) is 0 Å². The maximum atomic E-state index is 13.9. The van der Waals surface area contributed by atoms with E-state index in [1.807, 2.05) is 30.3 Å². The van der Waals surface area contributed by atoms with Gasteiger partial charge < -0.3 is 9.26 Å². The van der Waals surface area contributed by atoms with Crippen LogP contribution in [0, 0.1) is 12.7 Å². The summed E-state index contributed by atoms with van der Waals surface area (Å²) in [6.45, 7) is 3.52. The van der Waals surface area contributed by atoms with Gasteiger partial charge in [-0.05, 0) is 38.1 Å². The molecule has 0 spiro atoms. The van der Waals surface area contributed by atoms with Crippen LogP contribution in [0.3, 0.4) is 0 Å². The Morgan fingerprint density at radius 2 is 1.94 bits per heavy atom. The van der Waals surface area contributed by atoms with Crippen molar-refractivity contribution in [3.05, 3.63) is 78.0 Å². The molecule has 0 unspecified atom stereocenters. The smallest absolute Gasteiger partial charge is 0.240 e. The molecule has 2 heterocycles. The molecule has 1 atom stereocenters. The van der Waals surface area contributed by atoms with Gasteiger partial charge >= 0.3 is 0 Å². The summed E-state index contributed by atoms with van der Waals surface area (Å²) >= 11 is 1.23. The molecule has 0 saturated heterocycles. The molecular weight excluding hydrogens is 433 g/mol. The molecule has 32 heavy (non-hydrogen) atoms. The van der Waals surface area contributed by atoms with Gasteiger partial charge in [-0.1, -0.05) is 47.3 Å². The molecule has 2 aromatic carbocycles. The van der Waals surface area contributed by atoms with Gasteiger partial charge in [0.2, 0.25) is 11.8 Å². The fraction of sp³-hybridized carbons (Fsp3) is 0.182. The van der Waals surface area contributed by atoms with Crippen molar-refractivity contribution >= 4 is 23.6 Å². The molecule has 0 saturated carbocycles. The van der Waals surface area contributed by atoms with Gasteiger partial charge in [0.05, 0.1) is 10.9 Å². The molecule has 2 aromatic heterocycles. The fourth-order valence-electron chi connectivity index (χ4n) is 2.87. The van der Waals surface area contributed by atoms with Gasteiger partial charge in [0, 0.05) is 11.8 Å². The van der Waals surface area contributed by atoms with E-state index in [2.05, 4.69) is 20.7 Å². The largest absolute Gasteiger partial charge is 0.483 e. The summed E-state index contributed by atoms with van der Waals surface area (Å²) in [5.74, 6) is 0.155. The van der Waals surface area contributed by atoms with Crippen LogP contribution >= 0.6 is 11.8 Å². The topological polar surface area (TPSA) is 95.1 Å². The third kappa shape index (κ3) is 4.97. The molecule has 164 valence electrons. The minimum atomic E-state index is -0.507. The number of amides is 1. The van der Waals surface area contributed by atoms with Crippen molar-refractivity contribution in [2.24, 2.45) is 0 Å². The number of benzene rings is 2. The molecule has 4 aromatic rings. The van der Waals surface area contributed by atoms with Gasteiger partial charge in [-0.2, -0.15) is 0 Å². The van der Waals surface area contributed by atoms with E-state index < -0.39 is 11.1 Å². The zero-order valence-electron chi connectivity index (χ0n) is 17.4. The van der Waals surface area contributed by atoms with Crippen LogP contribution < -0.4 is 10.1 Å². The minimum Gasteiger partial charge on any atom is -0.483 e. The first-order valence-electron chi connectivity index (χ1n) is 9.79. The molecule has 0 aliphatic heterocycles. The Bertz CT molecular complexity index is 1210. The van der Waals surface area contributed by atoms with Gasteiger partial charge in [0.15, 0.2) is 22.5 Å². The molecule has 0 radical (unpaired) electrons. The highest BCUT2D eigenvalue weighted by Crippen LogP contribution is 2.27. The van der Waals surface area contributed by atoms with Crippen LogP contribution in [-0.4, -0.2) is 31.1 Å². The maximum Gasteiger partial charge on any atom is 0.240 e. The van der Waals surface area contributed by atoms with Crippen LogP contribution in [0.4, 0.5) is 10.3 Å². The zero-order valence-corrected chi connectivity index (χ0v) is 18.2. The van der Waals surface area contributed by atoms with Gasteiger partial charge in [-0.3, -0.25) is 14.7 Å². The monoisotopic (exact) mass is 453 g/mol. The molecule has 8 nitrogen and oxygen atoms in total. The summed E-state index contributed by atoms with van der Waals surface area (Å²) < 4.78 is 26.4. The number of thioether (sulfide) groups is 1. The van der Waals surface area contributed by atoms with Crippen LogP contribution in [0.1, 0.15) is 18.4 Å². The summed E-state index contributed by atoms with van der Waals surface area (Å²) in [5, 5.41) is 14.9. The number of hydrogen-bond donors (Lipinski definition) is 1. The standard InChI is InChI=1S/C22H20FN5O3S/c1-14-12-20(31-27-14)24-21(29)15(2)32-22-26-25-19(28(22)16-8-4-3-5-9-16)13-30-18-11-7-6-10-17(18)23/h3-12,15H,13H2,1-2H3,(H,24,29)/t15-/m1/s1. The molecule has 0 aliphatic rings. The van der Waals surface area contributed by atoms with Crippen molar-refractivity contribution in [2.45, 2.75) is 30.9 Å². The van der Waals surface area contributed by atoms with E-state index in [4.69, 9.17) is 9.26 Å². The van der Waals surface area contributed by atoms with E-state index in [1.54, 1.807) is 42.7 Å². The first-order chi connectivity index (χ1) is 15.5. The van der Waals surface area contributed by atoms with Gasteiger partial charge in [0.1, 0.15) is 6.61 Å². The quantitative estimate of drug-likeness (QED) is 0.395. The Kier molecular flexibility index (Phi) is 6.50. The molecule has 4 rings (SSSR count). The number of nitrogens with zero attached hydrogens (tertiary/aromatic N) is 4. The van der Waals surface area contributed by atoms with Crippen molar-refractivity contribution in [1.82, 2.24) is 19.9 Å². The third-order valence-electron chi connectivity index (χ3n) is 4.43. The number of para-hydroxylation sites is 2. The van der Waals surface area contributed by atoms with E-state index in [9.17, 15) is 9.18 Å². The summed E-state index contributed by atoms with van der Waals surface area (Å²) in [5.41, 5.74) is 1.47. The van der Waals surface area contributed by atoms with E-state index in [1.165, 1.54) is 17.8 Å². The van der Waals surface area contributed by atoms with E-state index >= 15 is 0 Å². The lowest BCUT2D eigenvalue weighted by Gasteiger charge is -2.13. The zero-order chi connectivity index (χ0) is 22.5. The number of halogens is 1. The molecule has 0 fully saturated rings. The summed E-state index contributed by atoms with van der Waals surface area (Å²) in [6, 6.07) is 17.2. The number of aryl methyl sites for hydroxylation is 1. The summed E-state index contributed by atoms with van der Waals surface area (Å²) in [4.78, 5) is 12.6. The average Bonchev–Trinajstić information content (AvgIpc) is 3.39. The first kappa shape index (κ1) is 21.6. The van der Waals surface area contributed by atoms with E-state index in [-0.39, 0.29) is 24.1 Å². The number of hydrogen-bond acceptors (Lipinski definition) is 7. The Hall–Kier alpha value is -3.66. The van der Waals surface area contributed by atoms with Crippen LogP contribution in [-0.2, 0) is 11.4 Å². The lowest BCUT2D eigenvalue weighted by Crippen LogP contribution is -2.22. The lowest BCUT2D eigenvalue weighted by molar-refractivity contribution is -0.115. The Labute approximate surface area is 187 Å². The number of nitrogens with one attached hydrogen (secondary N) is 1. The normalized spacial score (nSPS) is 11.8. The number of carbonyl (C=O) groups excluding carboxylic acids is 1. The second-order valence-electron chi connectivity index (χ2n) is 6.87. The first-order valence-corrected chi connectivity index (χ1v) is 10.7. The van der Waals surface area contributed by atoms with Gasteiger partial charge in [-0.15, -0.1) is 10.2 Å². The lowest BCUT2D eigenvalue weighted by atomic mass is 10.3. The fourth-order valence-corrected chi connectivity index (χ4v) is 3.75. The van der Waals surface area contributed by atoms with Crippen LogP contribution in [0.2, 0.25) is 0 Å². The number of rotatable bonds is 8. The molecule has 0 aliphatic carbocycles. The SMILES string of the molecule is Cc1cc(NC(=O)[C@@H](C)Sc2nnc(COc3ccccc3F)n2-c2ccccc2)on1. The number of aromatic nitrogens is 4. The van der Waals surface area contributed by atoms with Crippen LogP contribution in [0.25, 0.3) is 5.69 Å². The average molecular weight is 453 g/mol. The van der Waals surface area contributed by atoms with Crippen molar-refractivity contribution in [3.8, 4) is 11.4 Å². The Morgan fingerprint density at radius 3 is 2.66 bits per heavy atom. The highest BCUT2D eigenvalue weighted by molar-refractivity contribution is 8.00. The molecule has 10 heteroatoms. The second-order valence-corrected chi connectivity index (χ2v) is 8.18. The van der Waals surface area contributed by atoms with Crippen molar-refractivity contribution in [2.75, 3.05) is 5.32 Å². The molecule has 1 N–H and O–H groups in total. The summed E-state index contributed by atoms with van der Waals surface area (Å²) in [7, 11) is 0. The second kappa shape index (κ2) is 9.65. The molecule has 1 amide bonds. The molecule has 0 bridgehead atoms. The maximum absolute atomic E-state index is 13.9. The van der Waals surface area contributed by atoms with Gasteiger partial charge in [-0.25, -0.2) is 4.39 Å². The Balaban J connectivity index is 1.55. The number of ether oxygens (including phenoxy) is 1. The van der Waals surface area contributed by atoms with Gasteiger partial charge in [0.25, 0.3) is 0 Å². The number of anilines is 1. The highest BCUT2D eigenvalue weighted by Gasteiger charge is 2.22. The molecular formula is C22H20FN5O3S. The minimum absolute atomic E-state index is 0.00130. The van der Waals surface area contributed by atoms with Crippen LogP contribution in [0.5, 0.6) is 5.75 Å². The van der Waals surface area contributed by atoms with E-state index in [0.717, 1.165) is 5.69 Å². The third-order valence-corrected chi connectivity index (χ3v) is 5.48. The number of carbonyl (C=O) groups is 1. The van der Waals surface area contributed by atoms with E-state index in [0.29, 0.717) is 16.7 Å².